The molecule has 1 heterocycles. The van der Waals surface area contributed by atoms with E-state index in [1.807, 2.05) is 31.2 Å². The molecule has 4 nitrogen and oxygen atoms in total. The van der Waals surface area contributed by atoms with Crippen molar-refractivity contribution in [3.05, 3.63) is 65.4 Å². The highest BCUT2D eigenvalue weighted by Crippen LogP contribution is 2.29. The van der Waals surface area contributed by atoms with Crippen LogP contribution in [-0.4, -0.2) is 15.6 Å². The van der Waals surface area contributed by atoms with E-state index in [2.05, 4.69) is 16.7 Å². The van der Waals surface area contributed by atoms with Crippen molar-refractivity contribution in [2.75, 3.05) is 0 Å². The summed E-state index contributed by atoms with van der Waals surface area (Å²) in [5.74, 6) is -0.165. The van der Waals surface area contributed by atoms with Gasteiger partial charge in [-0.1, -0.05) is 30.3 Å². The Balaban J connectivity index is 2.02. The van der Waals surface area contributed by atoms with E-state index in [-0.39, 0.29) is 18.1 Å². The Kier molecular flexibility index (Phi) is 4.06. The monoisotopic (exact) mass is 308 g/mol. The first-order chi connectivity index (χ1) is 11.1. The van der Waals surface area contributed by atoms with Gasteiger partial charge in [0.05, 0.1) is 6.42 Å². The number of nitrogens with zero attached hydrogens (tertiary/aromatic N) is 1. The van der Waals surface area contributed by atoms with Crippen LogP contribution in [0.3, 0.4) is 0 Å². The molecule has 0 saturated heterocycles. The molecule has 1 aromatic heterocycles. The summed E-state index contributed by atoms with van der Waals surface area (Å²) in [6, 6.07) is 15.6. The van der Waals surface area contributed by atoms with E-state index in [0.29, 0.717) is 0 Å². The van der Waals surface area contributed by atoms with Crippen molar-refractivity contribution < 1.29 is 9.90 Å². The number of hydrogen-bond donors (Lipinski definition) is 2. The number of aromatic nitrogens is 1. The zero-order chi connectivity index (χ0) is 16.4. The molecule has 23 heavy (non-hydrogen) atoms. The van der Waals surface area contributed by atoms with E-state index in [1.54, 1.807) is 12.1 Å². The van der Waals surface area contributed by atoms with Crippen LogP contribution < -0.4 is 5.73 Å². The van der Waals surface area contributed by atoms with E-state index in [4.69, 9.17) is 5.73 Å². The molecule has 2 aromatic carbocycles. The number of benzene rings is 2. The van der Waals surface area contributed by atoms with E-state index in [9.17, 15) is 9.90 Å². The largest absolute Gasteiger partial charge is 0.508 e. The molecule has 0 aliphatic heterocycles. The van der Waals surface area contributed by atoms with Gasteiger partial charge in [-0.05, 0) is 42.7 Å². The number of primary amides is 1. The third-order valence-corrected chi connectivity index (χ3v) is 4.26. The minimum absolute atomic E-state index is 0.185. The molecule has 0 bridgehead atoms. The Morgan fingerprint density at radius 3 is 2.61 bits per heavy atom. The van der Waals surface area contributed by atoms with Crippen LogP contribution >= 0.6 is 0 Å². The lowest BCUT2D eigenvalue weighted by molar-refractivity contribution is -0.117. The van der Waals surface area contributed by atoms with E-state index in [0.717, 1.165) is 35.1 Å². The first kappa shape index (κ1) is 15.2. The van der Waals surface area contributed by atoms with Crippen LogP contribution in [0, 0.1) is 6.92 Å². The first-order valence-electron chi connectivity index (χ1n) is 7.69. The van der Waals surface area contributed by atoms with Gasteiger partial charge in [0.1, 0.15) is 5.75 Å². The van der Waals surface area contributed by atoms with Gasteiger partial charge in [-0.25, -0.2) is 0 Å². The van der Waals surface area contributed by atoms with Crippen LogP contribution in [0.5, 0.6) is 5.75 Å². The highest BCUT2D eigenvalue weighted by Gasteiger charge is 2.16. The number of hydrogen-bond acceptors (Lipinski definition) is 2. The number of carbonyl (C=O) groups excluding carboxylic acids is 1. The maximum absolute atomic E-state index is 11.4. The second-order valence-corrected chi connectivity index (χ2v) is 5.80. The number of amides is 1. The first-order valence-corrected chi connectivity index (χ1v) is 7.69. The summed E-state index contributed by atoms with van der Waals surface area (Å²) in [6.45, 7) is 2.82. The molecule has 0 spiro atoms. The smallest absolute Gasteiger partial charge is 0.221 e. The van der Waals surface area contributed by atoms with Crippen molar-refractivity contribution in [1.82, 2.24) is 4.57 Å². The minimum atomic E-state index is -0.362. The molecule has 4 heteroatoms. The summed E-state index contributed by atoms with van der Waals surface area (Å²) in [4.78, 5) is 11.4. The van der Waals surface area contributed by atoms with Crippen molar-refractivity contribution >= 4 is 16.8 Å². The number of aryl methyl sites for hydroxylation is 2. The highest BCUT2D eigenvalue weighted by atomic mass is 16.3. The number of carbonyl (C=O) groups is 1. The highest BCUT2D eigenvalue weighted by molar-refractivity contribution is 5.91. The quantitative estimate of drug-likeness (QED) is 0.761. The second kappa shape index (κ2) is 6.16. The SMILES string of the molecule is Cc1c(CC(N)=O)c2cc(O)ccc2n1CCc1ccccc1. The normalized spacial score (nSPS) is 11.0. The average Bonchev–Trinajstić information content (AvgIpc) is 2.78. The molecular weight excluding hydrogens is 288 g/mol. The summed E-state index contributed by atoms with van der Waals surface area (Å²) in [5.41, 5.74) is 9.60. The lowest BCUT2D eigenvalue weighted by Gasteiger charge is -2.09. The zero-order valence-electron chi connectivity index (χ0n) is 13.1. The number of nitrogens with two attached hydrogens (primary N) is 1. The minimum Gasteiger partial charge on any atom is -0.508 e. The summed E-state index contributed by atoms with van der Waals surface area (Å²) in [6.07, 6.45) is 1.09. The van der Waals surface area contributed by atoms with E-state index >= 15 is 0 Å². The van der Waals surface area contributed by atoms with Crippen LogP contribution in [0.1, 0.15) is 16.8 Å². The lowest BCUT2D eigenvalue weighted by Crippen LogP contribution is -2.14. The van der Waals surface area contributed by atoms with Gasteiger partial charge in [-0.2, -0.15) is 0 Å². The third-order valence-electron chi connectivity index (χ3n) is 4.26. The summed E-state index contributed by atoms with van der Waals surface area (Å²) >= 11 is 0. The van der Waals surface area contributed by atoms with Gasteiger partial charge in [0.25, 0.3) is 0 Å². The molecule has 0 aliphatic carbocycles. The van der Waals surface area contributed by atoms with Crippen LogP contribution in [-0.2, 0) is 24.2 Å². The number of phenolic OH excluding ortho intramolecular Hbond substituents is 1. The average molecular weight is 308 g/mol. The molecule has 0 fully saturated rings. The molecule has 0 radical (unpaired) electrons. The Labute approximate surface area is 135 Å². The Morgan fingerprint density at radius 2 is 1.91 bits per heavy atom. The maximum Gasteiger partial charge on any atom is 0.221 e. The van der Waals surface area contributed by atoms with Crippen LogP contribution in [0.4, 0.5) is 0 Å². The van der Waals surface area contributed by atoms with Gasteiger partial charge in [0.15, 0.2) is 0 Å². The number of aromatic hydroxyl groups is 1. The molecule has 0 aliphatic rings. The number of fused-ring (bicyclic) bond motifs is 1. The van der Waals surface area contributed by atoms with Crippen molar-refractivity contribution in [3.8, 4) is 5.75 Å². The number of phenols is 1. The molecule has 1 amide bonds. The molecule has 3 rings (SSSR count). The van der Waals surface area contributed by atoms with Gasteiger partial charge >= 0.3 is 0 Å². The summed E-state index contributed by atoms with van der Waals surface area (Å²) in [5, 5.41) is 10.7. The molecule has 0 unspecified atom stereocenters. The van der Waals surface area contributed by atoms with Crippen LogP contribution in [0.2, 0.25) is 0 Å². The molecule has 118 valence electrons. The fraction of sp³-hybridized carbons (Fsp3) is 0.211. The maximum atomic E-state index is 11.4. The third kappa shape index (κ3) is 3.06. The topological polar surface area (TPSA) is 68.2 Å². The predicted molar refractivity (Wildman–Crippen MR) is 91.4 cm³/mol. The molecule has 3 aromatic rings. The van der Waals surface area contributed by atoms with Gasteiger partial charge in [0.2, 0.25) is 5.91 Å². The zero-order valence-corrected chi connectivity index (χ0v) is 13.1. The molecule has 0 saturated carbocycles. The number of rotatable bonds is 5. The van der Waals surface area contributed by atoms with E-state index < -0.39 is 0 Å². The van der Waals surface area contributed by atoms with Crippen LogP contribution in [0.15, 0.2) is 48.5 Å². The van der Waals surface area contributed by atoms with Crippen LogP contribution in [0.25, 0.3) is 10.9 Å². The van der Waals surface area contributed by atoms with Gasteiger partial charge < -0.3 is 15.4 Å². The van der Waals surface area contributed by atoms with Crippen molar-refractivity contribution in [3.63, 3.8) is 0 Å². The Morgan fingerprint density at radius 1 is 1.17 bits per heavy atom. The van der Waals surface area contributed by atoms with Gasteiger partial charge in [-0.15, -0.1) is 0 Å². The summed E-state index contributed by atoms with van der Waals surface area (Å²) in [7, 11) is 0. The fourth-order valence-electron chi connectivity index (χ4n) is 3.11. The molecular formula is C19H20N2O2. The Hall–Kier alpha value is -2.75. The Bertz CT molecular complexity index is 851. The fourth-order valence-corrected chi connectivity index (χ4v) is 3.11. The van der Waals surface area contributed by atoms with E-state index in [1.165, 1.54) is 5.56 Å². The van der Waals surface area contributed by atoms with Crippen molar-refractivity contribution in [2.24, 2.45) is 5.73 Å². The van der Waals surface area contributed by atoms with Gasteiger partial charge in [-0.3, -0.25) is 4.79 Å². The van der Waals surface area contributed by atoms with Crippen molar-refractivity contribution in [2.45, 2.75) is 26.3 Å². The standard InChI is InChI=1S/C19H20N2O2/c1-13-16(12-19(20)23)17-11-15(22)7-8-18(17)21(13)10-9-14-5-3-2-4-6-14/h2-8,11,22H,9-10,12H2,1H3,(H2,20,23). The van der Waals surface area contributed by atoms with Crippen molar-refractivity contribution in [1.29, 1.82) is 0 Å². The lowest BCUT2D eigenvalue weighted by atomic mass is 10.1. The molecule has 3 N–H and O–H groups in total. The molecule has 0 atom stereocenters. The van der Waals surface area contributed by atoms with Gasteiger partial charge in [0, 0.05) is 23.1 Å². The predicted octanol–water partition coefficient (Wildman–Crippen LogP) is 2.93. The summed E-state index contributed by atoms with van der Waals surface area (Å²) < 4.78 is 2.19. The second-order valence-electron chi connectivity index (χ2n) is 5.80.